The van der Waals surface area contributed by atoms with Gasteiger partial charge < -0.3 is 15.5 Å². The monoisotopic (exact) mass is 227 g/mol. The largest absolute Gasteiger partial charge is 0.479 e. The SMILES string of the molecule is CC(O)(CNC(=O)Cn1cccn1)C(=O)O. The van der Waals surface area contributed by atoms with Crippen molar-refractivity contribution in [1.29, 1.82) is 0 Å². The minimum atomic E-state index is -1.96. The second kappa shape index (κ2) is 4.75. The molecule has 0 aromatic carbocycles. The van der Waals surface area contributed by atoms with Crippen molar-refractivity contribution in [2.24, 2.45) is 0 Å². The Morgan fingerprint density at radius 3 is 2.75 bits per heavy atom. The third kappa shape index (κ3) is 3.35. The number of aromatic nitrogens is 2. The van der Waals surface area contributed by atoms with Crippen LogP contribution in [0.15, 0.2) is 18.5 Å². The van der Waals surface area contributed by atoms with Crippen LogP contribution in [0.3, 0.4) is 0 Å². The first-order valence-electron chi connectivity index (χ1n) is 4.62. The molecule has 1 aromatic rings. The van der Waals surface area contributed by atoms with Crippen molar-refractivity contribution in [3.8, 4) is 0 Å². The summed E-state index contributed by atoms with van der Waals surface area (Å²) in [5.74, 6) is -1.79. The van der Waals surface area contributed by atoms with E-state index in [1.54, 1.807) is 12.3 Å². The van der Waals surface area contributed by atoms with E-state index in [4.69, 9.17) is 5.11 Å². The molecule has 1 aromatic heterocycles. The van der Waals surface area contributed by atoms with E-state index >= 15 is 0 Å². The van der Waals surface area contributed by atoms with Crippen LogP contribution in [0.2, 0.25) is 0 Å². The van der Waals surface area contributed by atoms with Crippen LogP contribution in [0.4, 0.5) is 0 Å². The van der Waals surface area contributed by atoms with Gasteiger partial charge in [0.1, 0.15) is 6.54 Å². The number of nitrogens with one attached hydrogen (secondary N) is 1. The highest BCUT2D eigenvalue weighted by Gasteiger charge is 2.30. The standard InChI is InChI=1S/C9H13N3O4/c1-9(16,8(14)15)6-10-7(13)5-12-4-2-3-11-12/h2-4,16H,5-6H2,1H3,(H,10,13)(H,14,15). The fourth-order valence-corrected chi connectivity index (χ4v) is 0.943. The van der Waals surface area contributed by atoms with Gasteiger partial charge in [0.05, 0.1) is 6.54 Å². The maximum Gasteiger partial charge on any atom is 0.337 e. The van der Waals surface area contributed by atoms with Crippen LogP contribution in [0.25, 0.3) is 0 Å². The molecule has 0 aliphatic carbocycles. The van der Waals surface area contributed by atoms with Crippen LogP contribution >= 0.6 is 0 Å². The molecule has 1 heterocycles. The molecule has 1 rings (SSSR count). The van der Waals surface area contributed by atoms with Crippen molar-refractivity contribution < 1.29 is 19.8 Å². The lowest BCUT2D eigenvalue weighted by Crippen LogP contribution is -2.47. The summed E-state index contributed by atoms with van der Waals surface area (Å²) in [5.41, 5.74) is -1.96. The van der Waals surface area contributed by atoms with Crippen molar-refractivity contribution in [2.45, 2.75) is 19.1 Å². The molecular formula is C9H13N3O4. The molecule has 0 aliphatic heterocycles. The van der Waals surface area contributed by atoms with Crippen LogP contribution in [0.1, 0.15) is 6.92 Å². The molecule has 0 radical (unpaired) electrons. The number of rotatable bonds is 5. The summed E-state index contributed by atoms with van der Waals surface area (Å²) >= 11 is 0. The fraction of sp³-hybridized carbons (Fsp3) is 0.444. The summed E-state index contributed by atoms with van der Waals surface area (Å²) in [5, 5.41) is 24.0. The molecule has 16 heavy (non-hydrogen) atoms. The van der Waals surface area contributed by atoms with Crippen LogP contribution in [-0.4, -0.2) is 44.0 Å². The van der Waals surface area contributed by atoms with E-state index in [-0.39, 0.29) is 13.1 Å². The normalized spacial score (nSPS) is 14.1. The zero-order chi connectivity index (χ0) is 12.2. The summed E-state index contributed by atoms with van der Waals surface area (Å²) in [6.07, 6.45) is 3.13. The smallest absolute Gasteiger partial charge is 0.337 e. The van der Waals surface area contributed by atoms with Gasteiger partial charge in [0.25, 0.3) is 0 Å². The Bertz CT molecular complexity index is 372. The Morgan fingerprint density at radius 2 is 2.25 bits per heavy atom. The third-order valence-corrected chi connectivity index (χ3v) is 1.96. The number of carbonyl (C=O) groups excluding carboxylic acids is 1. The summed E-state index contributed by atoms with van der Waals surface area (Å²) in [6.45, 7) is 0.759. The molecule has 0 saturated heterocycles. The van der Waals surface area contributed by atoms with E-state index in [0.717, 1.165) is 6.92 Å². The van der Waals surface area contributed by atoms with E-state index in [2.05, 4.69) is 10.4 Å². The van der Waals surface area contributed by atoms with Gasteiger partial charge in [-0.1, -0.05) is 0 Å². The molecular weight excluding hydrogens is 214 g/mol. The van der Waals surface area contributed by atoms with Gasteiger partial charge in [0.2, 0.25) is 5.91 Å². The van der Waals surface area contributed by atoms with Crippen molar-refractivity contribution in [1.82, 2.24) is 15.1 Å². The lowest BCUT2D eigenvalue weighted by atomic mass is 10.1. The van der Waals surface area contributed by atoms with Gasteiger partial charge in [-0.3, -0.25) is 9.48 Å². The van der Waals surface area contributed by atoms with Gasteiger partial charge in [-0.2, -0.15) is 5.10 Å². The molecule has 0 aliphatic rings. The van der Waals surface area contributed by atoms with Crippen molar-refractivity contribution >= 4 is 11.9 Å². The second-order valence-corrected chi connectivity index (χ2v) is 3.56. The minimum absolute atomic E-state index is 0.0112. The fourth-order valence-electron chi connectivity index (χ4n) is 0.943. The van der Waals surface area contributed by atoms with E-state index < -0.39 is 17.5 Å². The van der Waals surface area contributed by atoms with E-state index in [1.807, 2.05) is 0 Å². The number of carbonyl (C=O) groups is 2. The van der Waals surface area contributed by atoms with Crippen molar-refractivity contribution in [3.05, 3.63) is 18.5 Å². The van der Waals surface area contributed by atoms with E-state index in [9.17, 15) is 14.7 Å². The van der Waals surface area contributed by atoms with E-state index in [0.29, 0.717) is 0 Å². The molecule has 0 spiro atoms. The Labute approximate surface area is 91.7 Å². The number of carboxylic acid groups (broad SMARTS) is 1. The maximum atomic E-state index is 11.3. The van der Waals surface area contributed by atoms with Gasteiger partial charge in [-0.05, 0) is 13.0 Å². The van der Waals surface area contributed by atoms with E-state index in [1.165, 1.54) is 10.9 Å². The molecule has 1 atom stereocenters. The molecule has 7 nitrogen and oxygen atoms in total. The zero-order valence-corrected chi connectivity index (χ0v) is 8.75. The highest BCUT2D eigenvalue weighted by atomic mass is 16.4. The predicted octanol–water partition coefficient (Wildman–Crippen LogP) is -1.17. The number of hydrogen-bond acceptors (Lipinski definition) is 4. The molecule has 0 fully saturated rings. The third-order valence-electron chi connectivity index (χ3n) is 1.96. The lowest BCUT2D eigenvalue weighted by Gasteiger charge is -2.18. The Morgan fingerprint density at radius 1 is 1.56 bits per heavy atom. The summed E-state index contributed by atoms with van der Waals surface area (Å²) in [7, 11) is 0. The number of amides is 1. The lowest BCUT2D eigenvalue weighted by molar-refractivity contribution is -0.156. The predicted molar refractivity (Wildman–Crippen MR) is 53.5 cm³/mol. The summed E-state index contributed by atoms with van der Waals surface area (Å²) < 4.78 is 1.39. The van der Waals surface area contributed by atoms with Crippen LogP contribution in [-0.2, 0) is 16.1 Å². The number of aliphatic hydroxyl groups is 1. The van der Waals surface area contributed by atoms with Crippen LogP contribution in [0.5, 0.6) is 0 Å². The molecule has 0 saturated carbocycles. The number of carboxylic acids is 1. The molecule has 1 amide bonds. The highest BCUT2D eigenvalue weighted by Crippen LogP contribution is 2.00. The summed E-state index contributed by atoms with van der Waals surface area (Å²) in [4.78, 5) is 21.8. The minimum Gasteiger partial charge on any atom is -0.479 e. The van der Waals surface area contributed by atoms with Gasteiger partial charge in [-0.25, -0.2) is 4.79 Å². The number of nitrogens with zero attached hydrogens (tertiary/aromatic N) is 2. The molecule has 7 heteroatoms. The molecule has 88 valence electrons. The van der Waals surface area contributed by atoms with Crippen LogP contribution < -0.4 is 5.32 Å². The molecule has 3 N–H and O–H groups in total. The average Bonchev–Trinajstić information content (AvgIpc) is 2.67. The van der Waals surface area contributed by atoms with Gasteiger partial charge in [0.15, 0.2) is 5.60 Å². The van der Waals surface area contributed by atoms with Gasteiger partial charge >= 0.3 is 5.97 Å². The first kappa shape index (κ1) is 12.2. The first-order chi connectivity index (χ1) is 7.42. The molecule has 0 bridgehead atoms. The zero-order valence-electron chi connectivity index (χ0n) is 8.75. The number of aliphatic carboxylic acids is 1. The average molecular weight is 227 g/mol. The second-order valence-electron chi connectivity index (χ2n) is 3.56. The topological polar surface area (TPSA) is 104 Å². The Hall–Kier alpha value is -1.89. The molecule has 1 unspecified atom stereocenters. The quantitative estimate of drug-likeness (QED) is 0.588. The number of hydrogen-bond donors (Lipinski definition) is 3. The Balaban J connectivity index is 2.39. The highest BCUT2D eigenvalue weighted by molar-refractivity contribution is 5.80. The van der Waals surface area contributed by atoms with Crippen molar-refractivity contribution in [2.75, 3.05) is 6.54 Å². The maximum absolute atomic E-state index is 11.3. The van der Waals surface area contributed by atoms with Crippen LogP contribution in [0, 0.1) is 0 Å². The Kier molecular flexibility index (Phi) is 3.62. The van der Waals surface area contributed by atoms with Crippen molar-refractivity contribution in [3.63, 3.8) is 0 Å². The van der Waals surface area contributed by atoms with Gasteiger partial charge in [0, 0.05) is 12.4 Å². The summed E-state index contributed by atoms with van der Waals surface area (Å²) in [6, 6.07) is 1.67. The first-order valence-corrected chi connectivity index (χ1v) is 4.62. The van der Waals surface area contributed by atoms with Gasteiger partial charge in [-0.15, -0.1) is 0 Å².